The Labute approximate surface area is 77.8 Å². The van der Waals surface area contributed by atoms with Crippen LogP contribution in [0, 0.1) is 0 Å². The fourth-order valence-corrected chi connectivity index (χ4v) is 1.57. The molecule has 13 heavy (non-hydrogen) atoms. The lowest BCUT2D eigenvalue weighted by Gasteiger charge is -2.01. The van der Waals surface area contributed by atoms with Crippen molar-refractivity contribution in [3.05, 3.63) is 41.8 Å². The molecule has 0 atom stereocenters. The zero-order chi connectivity index (χ0) is 9.73. The molecule has 1 rings (SSSR count). The Morgan fingerprint density at radius 3 is 2.38 bits per heavy atom. The molecule has 0 heterocycles. The van der Waals surface area contributed by atoms with Crippen LogP contribution in [0.5, 0.6) is 5.75 Å². The molecule has 0 saturated carbocycles. The molecule has 3 nitrogen and oxygen atoms in total. The van der Waals surface area contributed by atoms with Gasteiger partial charge in [-0.3, -0.25) is 0 Å². The van der Waals surface area contributed by atoms with Gasteiger partial charge in [0.2, 0.25) is 0 Å². The summed E-state index contributed by atoms with van der Waals surface area (Å²) in [5.41, 5.74) is 0. The molecule has 0 N–H and O–H groups in total. The van der Waals surface area contributed by atoms with E-state index in [-0.39, 0.29) is 0 Å². The fourth-order valence-electron chi connectivity index (χ4n) is 0.805. The van der Waals surface area contributed by atoms with Gasteiger partial charge in [-0.05, 0) is 19.1 Å². The van der Waals surface area contributed by atoms with Crippen molar-refractivity contribution in [2.75, 3.05) is 0 Å². The highest BCUT2D eigenvalue weighted by atomic mass is 32.2. The van der Waals surface area contributed by atoms with Crippen molar-refractivity contribution in [1.82, 2.24) is 0 Å². The Hall–Kier alpha value is -1.29. The summed E-state index contributed by atoms with van der Waals surface area (Å²) >= 11 is 0. The van der Waals surface area contributed by atoms with Gasteiger partial charge in [-0.15, -0.1) is 0 Å². The number of para-hydroxylation sites is 1. The average Bonchev–Trinajstić information content (AvgIpc) is 2.04. The van der Waals surface area contributed by atoms with Crippen molar-refractivity contribution in [3.8, 4) is 5.75 Å². The summed E-state index contributed by atoms with van der Waals surface area (Å²) in [4.78, 5) is 0. The summed E-state index contributed by atoms with van der Waals surface area (Å²) < 4.78 is 26.9. The average molecular weight is 198 g/mol. The third-order valence-corrected chi connectivity index (χ3v) is 2.29. The van der Waals surface area contributed by atoms with Crippen LogP contribution in [-0.4, -0.2) is 8.42 Å². The van der Waals surface area contributed by atoms with E-state index in [1.54, 1.807) is 37.3 Å². The number of hydrogen-bond donors (Lipinski definition) is 0. The number of rotatable bonds is 3. The zero-order valence-corrected chi connectivity index (χ0v) is 7.99. The lowest BCUT2D eigenvalue weighted by molar-refractivity contribution is 0.496. The van der Waals surface area contributed by atoms with E-state index in [2.05, 4.69) is 0 Å². The van der Waals surface area contributed by atoms with Gasteiger partial charge in [-0.1, -0.05) is 24.3 Å². The molecule has 0 bridgehead atoms. The van der Waals surface area contributed by atoms with Crippen molar-refractivity contribution in [1.29, 1.82) is 0 Å². The van der Waals surface area contributed by atoms with Gasteiger partial charge >= 0.3 is 10.1 Å². The molecule has 0 fully saturated rings. The predicted octanol–water partition coefficient (Wildman–Crippen LogP) is 1.93. The molecule has 0 saturated heterocycles. The van der Waals surface area contributed by atoms with E-state index in [0.717, 1.165) is 5.41 Å². The lowest BCUT2D eigenvalue weighted by Crippen LogP contribution is -2.04. The summed E-state index contributed by atoms with van der Waals surface area (Å²) in [6.07, 6.45) is 1.41. The summed E-state index contributed by atoms with van der Waals surface area (Å²) in [6.45, 7) is 1.62. The van der Waals surface area contributed by atoms with E-state index in [9.17, 15) is 8.42 Å². The summed E-state index contributed by atoms with van der Waals surface area (Å²) in [5.74, 6) is 0.320. The molecule has 1 aromatic carbocycles. The van der Waals surface area contributed by atoms with Gasteiger partial charge in [0.15, 0.2) is 0 Å². The van der Waals surface area contributed by atoms with Crippen molar-refractivity contribution in [2.24, 2.45) is 0 Å². The van der Waals surface area contributed by atoms with Crippen LogP contribution in [0.3, 0.4) is 0 Å². The maximum atomic E-state index is 11.1. The molecular formula is C9H10O3S. The van der Waals surface area contributed by atoms with Gasteiger partial charge in [-0.25, -0.2) is 0 Å². The van der Waals surface area contributed by atoms with Gasteiger partial charge in [0.1, 0.15) is 5.75 Å². The van der Waals surface area contributed by atoms with Crippen LogP contribution in [-0.2, 0) is 10.1 Å². The van der Waals surface area contributed by atoms with Crippen LogP contribution in [0.4, 0.5) is 0 Å². The second-order valence-corrected chi connectivity index (χ2v) is 3.78. The monoisotopic (exact) mass is 198 g/mol. The summed E-state index contributed by atoms with van der Waals surface area (Å²) in [6, 6.07) is 8.37. The maximum absolute atomic E-state index is 11.1. The van der Waals surface area contributed by atoms with E-state index >= 15 is 0 Å². The van der Waals surface area contributed by atoms with Crippen LogP contribution < -0.4 is 4.18 Å². The Balaban J connectivity index is 2.82. The van der Waals surface area contributed by atoms with Crippen LogP contribution in [0.15, 0.2) is 41.8 Å². The highest BCUT2D eigenvalue weighted by molar-refractivity contribution is 7.90. The van der Waals surface area contributed by atoms with E-state index < -0.39 is 10.1 Å². The van der Waals surface area contributed by atoms with Gasteiger partial charge in [0, 0.05) is 0 Å². The third kappa shape index (κ3) is 3.29. The van der Waals surface area contributed by atoms with Crippen LogP contribution in [0.1, 0.15) is 6.92 Å². The molecule has 0 aromatic heterocycles. The standard InChI is InChI=1S/C9H10O3S/c1-2-8-13(10,11)12-9-6-4-3-5-7-9/h2-8H,1H3. The van der Waals surface area contributed by atoms with Crippen LogP contribution in [0.25, 0.3) is 0 Å². The van der Waals surface area contributed by atoms with Crippen molar-refractivity contribution >= 4 is 10.1 Å². The van der Waals surface area contributed by atoms with Crippen LogP contribution >= 0.6 is 0 Å². The molecule has 4 heteroatoms. The number of allylic oxidation sites excluding steroid dienone is 1. The molecule has 0 spiro atoms. The second-order valence-electron chi connectivity index (χ2n) is 2.36. The quantitative estimate of drug-likeness (QED) is 0.697. The first-order chi connectivity index (χ1) is 6.14. The van der Waals surface area contributed by atoms with E-state index in [0.29, 0.717) is 5.75 Å². The molecule has 0 amide bonds. The molecular weight excluding hydrogens is 188 g/mol. The molecule has 0 aliphatic carbocycles. The van der Waals surface area contributed by atoms with Crippen molar-refractivity contribution in [2.45, 2.75) is 6.92 Å². The normalized spacial score (nSPS) is 11.8. The minimum absolute atomic E-state index is 0.320. The largest absolute Gasteiger partial charge is 0.379 e. The highest BCUT2D eigenvalue weighted by Crippen LogP contribution is 2.11. The fraction of sp³-hybridized carbons (Fsp3) is 0.111. The minimum Gasteiger partial charge on any atom is -0.379 e. The third-order valence-electron chi connectivity index (χ3n) is 1.26. The first-order valence-electron chi connectivity index (χ1n) is 3.76. The molecule has 0 aliphatic rings. The van der Waals surface area contributed by atoms with Crippen LogP contribution in [0.2, 0.25) is 0 Å². The molecule has 0 unspecified atom stereocenters. The lowest BCUT2D eigenvalue weighted by atomic mass is 10.3. The predicted molar refractivity (Wildman–Crippen MR) is 50.8 cm³/mol. The number of benzene rings is 1. The smallest absolute Gasteiger partial charge is 0.331 e. The first-order valence-corrected chi connectivity index (χ1v) is 5.23. The summed E-state index contributed by atoms with van der Waals surface area (Å²) in [7, 11) is -3.57. The minimum atomic E-state index is -3.57. The van der Waals surface area contributed by atoms with E-state index in [1.807, 2.05) is 0 Å². The SMILES string of the molecule is CC=CS(=O)(=O)Oc1ccccc1. The van der Waals surface area contributed by atoms with Crippen molar-refractivity contribution < 1.29 is 12.6 Å². The molecule has 1 aromatic rings. The Kier molecular flexibility index (Phi) is 3.08. The first kappa shape index (κ1) is 9.80. The molecule has 0 aliphatic heterocycles. The van der Waals surface area contributed by atoms with Crippen molar-refractivity contribution in [3.63, 3.8) is 0 Å². The maximum Gasteiger partial charge on any atom is 0.331 e. The second kappa shape index (κ2) is 4.09. The molecule has 70 valence electrons. The summed E-state index contributed by atoms with van der Waals surface area (Å²) in [5, 5.41) is 1.01. The van der Waals surface area contributed by atoms with Gasteiger partial charge in [-0.2, -0.15) is 8.42 Å². The van der Waals surface area contributed by atoms with Gasteiger partial charge in [0.05, 0.1) is 5.41 Å². The zero-order valence-electron chi connectivity index (χ0n) is 7.17. The Morgan fingerprint density at radius 2 is 1.85 bits per heavy atom. The van der Waals surface area contributed by atoms with E-state index in [1.165, 1.54) is 6.08 Å². The molecule has 0 radical (unpaired) electrons. The topological polar surface area (TPSA) is 43.4 Å². The van der Waals surface area contributed by atoms with Gasteiger partial charge in [0.25, 0.3) is 0 Å². The highest BCUT2D eigenvalue weighted by Gasteiger charge is 2.05. The van der Waals surface area contributed by atoms with E-state index in [4.69, 9.17) is 4.18 Å². The number of hydrogen-bond acceptors (Lipinski definition) is 3. The Morgan fingerprint density at radius 1 is 1.23 bits per heavy atom. The van der Waals surface area contributed by atoms with Gasteiger partial charge < -0.3 is 4.18 Å². The Bertz CT molecular complexity index is 379.